The van der Waals surface area contributed by atoms with Gasteiger partial charge in [-0.05, 0) is 34.5 Å². The van der Waals surface area contributed by atoms with Gasteiger partial charge in [-0.15, -0.1) is 0 Å². The molecule has 5 nitrogen and oxygen atoms in total. The molecule has 0 bridgehead atoms. The molecule has 0 atom stereocenters. The summed E-state index contributed by atoms with van der Waals surface area (Å²) in [6.45, 7) is 1.93. The van der Waals surface area contributed by atoms with Gasteiger partial charge in [-0.25, -0.2) is 10.8 Å². The molecule has 0 spiro atoms. The first kappa shape index (κ1) is 10.1. The molecule has 0 aliphatic carbocycles. The Labute approximate surface area is 94.4 Å². The number of nitrogens with zero attached hydrogens (tertiary/aromatic N) is 2. The molecular formula is C9H9BrN4O. The van der Waals surface area contributed by atoms with E-state index in [0.29, 0.717) is 5.69 Å². The third-order valence-electron chi connectivity index (χ3n) is 2.07. The number of hydrazine groups is 1. The Morgan fingerprint density at radius 1 is 1.60 bits per heavy atom. The van der Waals surface area contributed by atoms with E-state index in [2.05, 4.69) is 20.9 Å². The van der Waals surface area contributed by atoms with Gasteiger partial charge in [0.25, 0.3) is 5.91 Å². The van der Waals surface area contributed by atoms with Crippen LogP contribution in [0.5, 0.6) is 0 Å². The van der Waals surface area contributed by atoms with Crippen molar-refractivity contribution < 1.29 is 4.79 Å². The largest absolute Gasteiger partial charge is 0.305 e. The van der Waals surface area contributed by atoms with Gasteiger partial charge in [0.2, 0.25) is 0 Å². The fourth-order valence-corrected chi connectivity index (χ4v) is 1.97. The Hall–Kier alpha value is -1.40. The summed E-state index contributed by atoms with van der Waals surface area (Å²) in [7, 11) is 0. The van der Waals surface area contributed by atoms with Crippen LogP contribution < -0.4 is 11.3 Å². The molecule has 3 N–H and O–H groups in total. The number of imidazole rings is 1. The predicted molar refractivity (Wildman–Crippen MR) is 59.3 cm³/mol. The van der Waals surface area contributed by atoms with E-state index < -0.39 is 5.91 Å². The number of carbonyl (C=O) groups is 1. The van der Waals surface area contributed by atoms with Crippen LogP contribution in [0.3, 0.4) is 0 Å². The molecule has 15 heavy (non-hydrogen) atoms. The van der Waals surface area contributed by atoms with Crippen LogP contribution in [-0.2, 0) is 0 Å². The molecule has 0 unspecified atom stereocenters. The highest BCUT2D eigenvalue weighted by Gasteiger charge is 2.10. The van der Waals surface area contributed by atoms with E-state index in [1.54, 1.807) is 10.6 Å². The standard InChI is InChI=1S/C9H9BrN4O/c1-5-2-6(10)3-14-4-7(9(15)13-11)12-8(5)14/h2-4H,11H2,1H3,(H,13,15). The van der Waals surface area contributed by atoms with E-state index >= 15 is 0 Å². The van der Waals surface area contributed by atoms with Crippen molar-refractivity contribution in [1.29, 1.82) is 0 Å². The van der Waals surface area contributed by atoms with Crippen LogP contribution in [-0.4, -0.2) is 15.3 Å². The molecule has 0 aliphatic heterocycles. The summed E-state index contributed by atoms with van der Waals surface area (Å²) in [6.07, 6.45) is 3.47. The topological polar surface area (TPSA) is 72.4 Å². The van der Waals surface area contributed by atoms with Gasteiger partial charge < -0.3 is 4.40 Å². The van der Waals surface area contributed by atoms with E-state index in [4.69, 9.17) is 5.84 Å². The van der Waals surface area contributed by atoms with Crippen LogP contribution in [0.15, 0.2) is 22.9 Å². The van der Waals surface area contributed by atoms with Crippen molar-refractivity contribution in [3.8, 4) is 0 Å². The number of fused-ring (bicyclic) bond motifs is 1. The summed E-state index contributed by atoms with van der Waals surface area (Å²) in [6, 6.07) is 1.94. The van der Waals surface area contributed by atoms with E-state index in [1.807, 2.05) is 24.6 Å². The molecule has 0 fully saturated rings. The van der Waals surface area contributed by atoms with E-state index in [0.717, 1.165) is 15.7 Å². The van der Waals surface area contributed by atoms with Crippen molar-refractivity contribution in [2.75, 3.05) is 0 Å². The van der Waals surface area contributed by atoms with E-state index in [-0.39, 0.29) is 0 Å². The fraction of sp³-hybridized carbons (Fsp3) is 0.111. The van der Waals surface area contributed by atoms with Crippen LogP contribution in [0, 0.1) is 6.92 Å². The number of nitrogens with two attached hydrogens (primary N) is 1. The first-order chi connectivity index (χ1) is 7.11. The highest BCUT2D eigenvalue weighted by molar-refractivity contribution is 9.10. The molecule has 0 aromatic carbocycles. The SMILES string of the molecule is Cc1cc(Br)cn2cc(C(=O)NN)nc12. The summed E-state index contributed by atoms with van der Waals surface area (Å²) in [5.41, 5.74) is 4.09. The zero-order chi connectivity index (χ0) is 11.0. The van der Waals surface area contributed by atoms with Crippen molar-refractivity contribution in [2.24, 2.45) is 5.84 Å². The van der Waals surface area contributed by atoms with Crippen molar-refractivity contribution in [1.82, 2.24) is 14.8 Å². The number of nitrogen functional groups attached to an aromatic ring is 1. The number of amides is 1. The van der Waals surface area contributed by atoms with Crippen molar-refractivity contribution in [3.05, 3.63) is 34.2 Å². The van der Waals surface area contributed by atoms with Gasteiger partial charge in [0.15, 0.2) is 0 Å². The molecule has 0 saturated carbocycles. The minimum absolute atomic E-state index is 0.304. The number of pyridine rings is 1. The second-order valence-electron chi connectivity index (χ2n) is 3.17. The zero-order valence-electron chi connectivity index (χ0n) is 7.99. The van der Waals surface area contributed by atoms with Crippen molar-refractivity contribution in [3.63, 3.8) is 0 Å². The highest BCUT2D eigenvalue weighted by Crippen LogP contribution is 2.16. The van der Waals surface area contributed by atoms with Gasteiger partial charge in [-0.2, -0.15) is 0 Å². The Morgan fingerprint density at radius 2 is 2.33 bits per heavy atom. The number of carbonyl (C=O) groups excluding carboxylic acids is 1. The molecule has 78 valence electrons. The molecule has 6 heteroatoms. The molecule has 0 aliphatic rings. The van der Waals surface area contributed by atoms with Crippen LogP contribution >= 0.6 is 15.9 Å². The minimum atomic E-state index is -0.394. The van der Waals surface area contributed by atoms with Crippen LogP contribution in [0.2, 0.25) is 0 Å². The van der Waals surface area contributed by atoms with Crippen LogP contribution in [0.1, 0.15) is 16.1 Å². The quantitative estimate of drug-likeness (QED) is 0.461. The number of hydrogen-bond acceptors (Lipinski definition) is 3. The van der Waals surface area contributed by atoms with Crippen LogP contribution in [0.4, 0.5) is 0 Å². The van der Waals surface area contributed by atoms with Gasteiger partial charge in [0.05, 0.1) is 0 Å². The minimum Gasteiger partial charge on any atom is -0.305 e. The Bertz CT molecular complexity index is 534. The second kappa shape index (κ2) is 3.63. The summed E-state index contributed by atoms with van der Waals surface area (Å²) in [4.78, 5) is 15.4. The highest BCUT2D eigenvalue weighted by atomic mass is 79.9. The number of halogens is 1. The number of aryl methyl sites for hydroxylation is 1. The summed E-state index contributed by atoms with van der Waals surface area (Å²) in [5.74, 6) is 4.64. The van der Waals surface area contributed by atoms with Gasteiger partial charge in [-0.3, -0.25) is 10.2 Å². The Balaban J connectivity index is 2.65. The van der Waals surface area contributed by atoms with Gasteiger partial charge in [0.1, 0.15) is 11.3 Å². The summed E-state index contributed by atoms with van der Waals surface area (Å²) in [5, 5.41) is 0. The smallest absolute Gasteiger partial charge is 0.285 e. The lowest BCUT2D eigenvalue weighted by atomic mass is 10.3. The monoisotopic (exact) mass is 268 g/mol. The molecule has 2 aromatic rings. The molecule has 2 heterocycles. The Kier molecular flexibility index (Phi) is 2.45. The fourth-order valence-electron chi connectivity index (χ4n) is 1.41. The average Bonchev–Trinajstić information content (AvgIpc) is 2.60. The lowest BCUT2D eigenvalue weighted by Crippen LogP contribution is -2.30. The number of hydrogen-bond donors (Lipinski definition) is 2. The first-order valence-corrected chi connectivity index (χ1v) is 5.07. The molecule has 1 amide bonds. The third-order valence-corrected chi connectivity index (χ3v) is 2.50. The van der Waals surface area contributed by atoms with E-state index in [9.17, 15) is 4.79 Å². The summed E-state index contributed by atoms with van der Waals surface area (Å²) >= 11 is 3.37. The third kappa shape index (κ3) is 1.73. The lowest BCUT2D eigenvalue weighted by Gasteiger charge is -1.97. The lowest BCUT2D eigenvalue weighted by molar-refractivity contribution is 0.0949. The maximum absolute atomic E-state index is 11.3. The molecule has 0 radical (unpaired) electrons. The number of aromatic nitrogens is 2. The molecular weight excluding hydrogens is 260 g/mol. The van der Waals surface area contributed by atoms with Gasteiger partial charge in [0, 0.05) is 16.9 Å². The van der Waals surface area contributed by atoms with Crippen molar-refractivity contribution >= 4 is 27.5 Å². The molecule has 0 saturated heterocycles. The maximum Gasteiger partial charge on any atom is 0.285 e. The van der Waals surface area contributed by atoms with Crippen LogP contribution in [0.25, 0.3) is 5.65 Å². The maximum atomic E-state index is 11.3. The second-order valence-corrected chi connectivity index (χ2v) is 4.09. The van der Waals surface area contributed by atoms with Gasteiger partial charge in [-0.1, -0.05) is 0 Å². The predicted octanol–water partition coefficient (Wildman–Crippen LogP) is 1.01. The average molecular weight is 269 g/mol. The molecule has 2 aromatic heterocycles. The van der Waals surface area contributed by atoms with E-state index in [1.165, 1.54) is 0 Å². The zero-order valence-corrected chi connectivity index (χ0v) is 9.58. The Morgan fingerprint density at radius 3 is 3.00 bits per heavy atom. The van der Waals surface area contributed by atoms with Crippen molar-refractivity contribution in [2.45, 2.75) is 6.92 Å². The summed E-state index contributed by atoms with van der Waals surface area (Å²) < 4.78 is 2.72. The van der Waals surface area contributed by atoms with Gasteiger partial charge >= 0.3 is 0 Å². The number of nitrogens with one attached hydrogen (secondary N) is 1. The number of rotatable bonds is 1. The first-order valence-electron chi connectivity index (χ1n) is 4.27. The molecule has 2 rings (SSSR count). The normalized spacial score (nSPS) is 10.6.